The van der Waals surface area contributed by atoms with E-state index >= 15 is 0 Å². The molecular formula is C15H20ClF3N2O3. The van der Waals surface area contributed by atoms with Crippen LogP contribution in [0.2, 0.25) is 0 Å². The third-order valence-electron chi connectivity index (χ3n) is 3.43. The number of anilines is 1. The predicted octanol–water partition coefficient (Wildman–Crippen LogP) is 2.67. The molecule has 136 valence electrons. The van der Waals surface area contributed by atoms with Gasteiger partial charge in [-0.1, -0.05) is 0 Å². The van der Waals surface area contributed by atoms with Crippen LogP contribution in [-0.4, -0.2) is 44.0 Å². The topological polar surface area (TPSA) is 59.6 Å². The third kappa shape index (κ3) is 5.85. The molecule has 2 N–H and O–H groups in total. The van der Waals surface area contributed by atoms with Crippen LogP contribution >= 0.6 is 12.4 Å². The van der Waals surface area contributed by atoms with Gasteiger partial charge in [-0.05, 0) is 37.6 Å². The van der Waals surface area contributed by atoms with Crippen molar-refractivity contribution in [3.05, 3.63) is 23.8 Å². The Balaban J connectivity index is 0.00000288. The van der Waals surface area contributed by atoms with Gasteiger partial charge in [-0.3, -0.25) is 4.79 Å². The number of halogens is 4. The summed E-state index contributed by atoms with van der Waals surface area (Å²) in [6.45, 7) is 3.21. The van der Waals surface area contributed by atoms with E-state index in [1.54, 1.807) is 19.9 Å². The molecular weight excluding hydrogens is 349 g/mol. The number of amides is 1. The van der Waals surface area contributed by atoms with Gasteiger partial charge in [0.15, 0.2) is 6.61 Å². The van der Waals surface area contributed by atoms with Gasteiger partial charge in [0, 0.05) is 12.2 Å². The summed E-state index contributed by atoms with van der Waals surface area (Å²) in [5, 5.41) is 5.79. The van der Waals surface area contributed by atoms with Crippen molar-refractivity contribution in [3.8, 4) is 5.75 Å². The lowest BCUT2D eigenvalue weighted by Gasteiger charge is -2.29. The number of hydrogen-bond acceptors (Lipinski definition) is 4. The Morgan fingerprint density at radius 3 is 2.75 bits per heavy atom. The van der Waals surface area contributed by atoms with Gasteiger partial charge in [-0.15, -0.1) is 12.4 Å². The molecule has 1 heterocycles. The molecule has 1 aliphatic heterocycles. The summed E-state index contributed by atoms with van der Waals surface area (Å²) in [6.07, 6.45) is -4.64. The van der Waals surface area contributed by atoms with Crippen LogP contribution in [0, 0.1) is 6.92 Å². The van der Waals surface area contributed by atoms with Gasteiger partial charge in [-0.2, -0.15) is 13.2 Å². The van der Waals surface area contributed by atoms with E-state index in [1.807, 2.05) is 0 Å². The summed E-state index contributed by atoms with van der Waals surface area (Å²) in [7, 11) is 0. The fraction of sp³-hybridized carbons (Fsp3) is 0.533. The molecule has 1 fully saturated rings. The number of benzene rings is 1. The smallest absolute Gasteiger partial charge is 0.422 e. The fourth-order valence-corrected chi connectivity index (χ4v) is 2.30. The molecule has 0 bridgehead atoms. The second-order valence-electron chi connectivity index (χ2n) is 5.38. The molecule has 24 heavy (non-hydrogen) atoms. The summed E-state index contributed by atoms with van der Waals surface area (Å²) in [6, 6.07) is 4.01. The van der Waals surface area contributed by atoms with Crippen LogP contribution < -0.4 is 15.4 Å². The van der Waals surface area contributed by atoms with Crippen molar-refractivity contribution in [1.29, 1.82) is 0 Å². The van der Waals surface area contributed by atoms with Crippen LogP contribution in [0.4, 0.5) is 18.9 Å². The summed E-state index contributed by atoms with van der Waals surface area (Å²) in [5.41, 5.74) is 0.999. The van der Waals surface area contributed by atoms with Crippen molar-refractivity contribution in [3.63, 3.8) is 0 Å². The summed E-state index contributed by atoms with van der Waals surface area (Å²) < 4.78 is 46.6. The zero-order chi connectivity index (χ0) is 17.0. The summed E-state index contributed by atoms with van der Waals surface area (Å²) in [5.74, 6) is -0.117. The van der Waals surface area contributed by atoms with E-state index < -0.39 is 18.8 Å². The molecule has 2 rings (SSSR count). The standard InChI is InChI=1S/C15H19F3N2O3.ClH/c1-9-7-11(3-4-12(9)23-8-15(16,17)18)20-14(21)13-10(2)22-6-5-19-13;/h3-4,7,10,13,19H,5-6,8H2,1-2H3,(H,20,21);1H/t10-,13+;/m1./s1. The molecule has 1 aliphatic rings. The number of rotatable bonds is 4. The first-order valence-electron chi connectivity index (χ1n) is 7.22. The lowest BCUT2D eigenvalue weighted by atomic mass is 10.1. The lowest BCUT2D eigenvalue weighted by Crippen LogP contribution is -2.53. The average molecular weight is 369 g/mol. The number of ether oxygens (including phenoxy) is 2. The van der Waals surface area contributed by atoms with Gasteiger partial charge >= 0.3 is 6.18 Å². The Bertz CT molecular complexity index is 569. The van der Waals surface area contributed by atoms with Crippen molar-refractivity contribution in [1.82, 2.24) is 5.32 Å². The zero-order valence-corrected chi connectivity index (χ0v) is 14.1. The van der Waals surface area contributed by atoms with Crippen LogP contribution in [0.15, 0.2) is 18.2 Å². The quantitative estimate of drug-likeness (QED) is 0.858. The SMILES string of the molecule is Cc1cc(NC(=O)[C@H]2NCCO[C@@H]2C)ccc1OCC(F)(F)F.Cl. The maximum absolute atomic E-state index is 12.2. The number of carbonyl (C=O) groups excluding carboxylic acids is 1. The average Bonchev–Trinajstić information content (AvgIpc) is 2.45. The Labute approximate surface area is 144 Å². The highest BCUT2D eigenvalue weighted by atomic mass is 35.5. The number of carbonyl (C=O) groups is 1. The summed E-state index contributed by atoms with van der Waals surface area (Å²) in [4.78, 5) is 12.2. The van der Waals surface area contributed by atoms with Gasteiger partial charge in [0.25, 0.3) is 0 Å². The van der Waals surface area contributed by atoms with E-state index in [2.05, 4.69) is 10.6 Å². The molecule has 2 atom stereocenters. The number of hydrogen-bond donors (Lipinski definition) is 2. The molecule has 5 nitrogen and oxygen atoms in total. The minimum absolute atomic E-state index is 0. The monoisotopic (exact) mass is 368 g/mol. The van der Waals surface area contributed by atoms with Crippen molar-refractivity contribution in [2.24, 2.45) is 0 Å². The predicted molar refractivity (Wildman–Crippen MR) is 85.8 cm³/mol. The molecule has 1 amide bonds. The Hall–Kier alpha value is -1.51. The van der Waals surface area contributed by atoms with Crippen LogP contribution in [0.5, 0.6) is 5.75 Å². The van der Waals surface area contributed by atoms with Crippen molar-refractivity contribution < 1.29 is 27.4 Å². The fourth-order valence-electron chi connectivity index (χ4n) is 2.30. The Morgan fingerprint density at radius 1 is 1.46 bits per heavy atom. The van der Waals surface area contributed by atoms with Gasteiger partial charge in [0.1, 0.15) is 11.8 Å². The normalized spacial score (nSPS) is 20.9. The van der Waals surface area contributed by atoms with E-state index in [1.165, 1.54) is 12.1 Å². The maximum Gasteiger partial charge on any atom is 0.422 e. The molecule has 9 heteroatoms. The Kier molecular flexibility index (Phi) is 7.31. The molecule has 1 aromatic carbocycles. The van der Waals surface area contributed by atoms with Crippen molar-refractivity contribution in [2.75, 3.05) is 25.1 Å². The van der Waals surface area contributed by atoms with Crippen molar-refractivity contribution in [2.45, 2.75) is 32.2 Å². The van der Waals surface area contributed by atoms with Crippen molar-refractivity contribution >= 4 is 24.0 Å². The van der Waals surface area contributed by atoms with Gasteiger partial charge in [0.05, 0.1) is 12.7 Å². The molecule has 1 aromatic rings. The van der Waals surface area contributed by atoms with Gasteiger partial charge < -0.3 is 20.1 Å². The third-order valence-corrected chi connectivity index (χ3v) is 3.43. The lowest BCUT2D eigenvalue weighted by molar-refractivity contribution is -0.153. The first-order chi connectivity index (χ1) is 10.8. The molecule has 0 aliphatic carbocycles. The minimum atomic E-state index is -4.39. The number of nitrogens with one attached hydrogen (secondary N) is 2. The minimum Gasteiger partial charge on any atom is -0.484 e. The molecule has 0 unspecified atom stereocenters. The second kappa shape index (κ2) is 8.55. The molecule has 1 saturated heterocycles. The molecule has 0 saturated carbocycles. The van der Waals surface area contributed by atoms with E-state index in [4.69, 9.17) is 9.47 Å². The second-order valence-corrected chi connectivity index (χ2v) is 5.38. The molecule has 0 aromatic heterocycles. The first kappa shape index (κ1) is 20.5. The first-order valence-corrected chi connectivity index (χ1v) is 7.22. The van der Waals surface area contributed by atoms with Crippen LogP contribution in [0.3, 0.4) is 0 Å². The summed E-state index contributed by atoms with van der Waals surface area (Å²) >= 11 is 0. The Morgan fingerprint density at radius 2 is 2.17 bits per heavy atom. The van der Waals surface area contributed by atoms with Crippen LogP contribution in [0.25, 0.3) is 0 Å². The van der Waals surface area contributed by atoms with E-state index in [-0.39, 0.29) is 30.2 Å². The zero-order valence-electron chi connectivity index (χ0n) is 13.3. The highest BCUT2D eigenvalue weighted by molar-refractivity contribution is 5.95. The van der Waals surface area contributed by atoms with Gasteiger partial charge in [-0.25, -0.2) is 0 Å². The largest absolute Gasteiger partial charge is 0.484 e. The molecule has 0 radical (unpaired) electrons. The maximum atomic E-state index is 12.2. The van der Waals surface area contributed by atoms with E-state index in [0.717, 1.165) is 0 Å². The highest BCUT2D eigenvalue weighted by Crippen LogP contribution is 2.24. The van der Waals surface area contributed by atoms with Crippen LogP contribution in [0.1, 0.15) is 12.5 Å². The van der Waals surface area contributed by atoms with E-state index in [9.17, 15) is 18.0 Å². The van der Waals surface area contributed by atoms with Gasteiger partial charge in [0.2, 0.25) is 5.91 Å². The number of aryl methyl sites for hydroxylation is 1. The van der Waals surface area contributed by atoms with Crippen LogP contribution in [-0.2, 0) is 9.53 Å². The number of alkyl halides is 3. The number of morpholine rings is 1. The highest BCUT2D eigenvalue weighted by Gasteiger charge is 2.29. The molecule has 0 spiro atoms. The van der Waals surface area contributed by atoms with E-state index in [0.29, 0.717) is 24.4 Å².